The molecule has 3 rings (SSSR count). The van der Waals surface area contributed by atoms with Gasteiger partial charge in [-0.05, 0) is 55.9 Å². The molecule has 6 nitrogen and oxygen atoms in total. The van der Waals surface area contributed by atoms with Crippen molar-refractivity contribution < 1.29 is 19.1 Å². The number of ether oxygens (including phenoxy) is 2. The number of benzene rings is 2. The molecule has 1 amide bonds. The van der Waals surface area contributed by atoms with E-state index in [4.69, 9.17) is 9.47 Å². The second-order valence-corrected chi connectivity index (χ2v) is 8.97. The molecule has 0 N–H and O–H groups in total. The van der Waals surface area contributed by atoms with Crippen LogP contribution in [0.2, 0.25) is 0 Å². The minimum atomic E-state index is -0.921. The fraction of sp³-hybridized carbons (Fsp3) is 0.417. The lowest BCUT2D eigenvalue weighted by Crippen LogP contribution is -2.45. The Bertz CT molecular complexity index is 930. The third-order valence-electron chi connectivity index (χ3n) is 5.27. The zero-order valence-electron chi connectivity index (χ0n) is 18.8. The van der Waals surface area contributed by atoms with Gasteiger partial charge in [-0.1, -0.05) is 25.1 Å². The van der Waals surface area contributed by atoms with Crippen molar-refractivity contribution in [3.63, 3.8) is 0 Å². The summed E-state index contributed by atoms with van der Waals surface area (Å²) in [5.41, 5.74) is 2.97. The Labute approximate surface area is 188 Å². The SMILES string of the molecule is CCc1ccc2c(c1)S[C@@H](c1ccc(OC)cc1)[C@@H](OC(C)=O)C(=O)N2CCN(C)C. The van der Waals surface area contributed by atoms with E-state index in [1.807, 2.05) is 49.3 Å². The first-order valence-corrected chi connectivity index (χ1v) is 11.3. The topological polar surface area (TPSA) is 59.1 Å². The van der Waals surface area contributed by atoms with Crippen LogP contribution in [-0.4, -0.2) is 57.2 Å². The molecule has 166 valence electrons. The number of likely N-dealkylation sites (N-methyl/N-ethyl adjacent to an activating group) is 1. The second-order valence-electron chi connectivity index (χ2n) is 7.79. The van der Waals surface area contributed by atoms with Gasteiger partial charge in [0.25, 0.3) is 5.91 Å². The van der Waals surface area contributed by atoms with Crippen molar-refractivity contribution in [3.8, 4) is 5.75 Å². The summed E-state index contributed by atoms with van der Waals surface area (Å²) in [6.45, 7) is 4.67. The van der Waals surface area contributed by atoms with E-state index in [-0.39, 0.29) is 11.2 Å². The van der Waals surface area contributed by atoms with Crippen molar-refractivity contribution in [3.05, 3.63) is 53.6 Å². The molecule has 1 aliphatic rings. The quantitative estimate of drug-likeness (QED) is 0.606. The normalized spacial score (nSPS) is 18.5. The van der Waals surface area contributed by atoms with Gasteiger partial charge in [-0.15, -0.1) is 11.8 Å². The predicted octanol–water partition coefficient (Wildman–Crippen LogP) is 3.93. The number of carbonyl (C=O) groups is 2. The van der Waals surface area contributed by atoms with Crippen LogP contribution in [0.3, 0.4) is 0 Å². The molecular formula is C24H30N2O4S. The molecule has 0 aliphatic carbocycles. The lowest BCUT2D eigenvalue weighted by Gasteiger charge is -2.28. The number of amides is 1. The highest BCUT2D eigenvalue weighted by Crippen LogP contribution is 2.47. The van der Waals surface area contributed by atoms with E-state index < -0.39 is 12.1 Å². The van der Waals surface area contributed by atoms with Crippen LogP contribution in [-0.2, 0) is 20.7 Å². The standard InChI is InChI=1S/C24H30N2O4S/c1-6-17-7-12-20-21(15-17)31-23(18-8-10-19(29-5)11-9-18)22(30-16(2)27)24(28)26(20)14-13-25(3)4/h7-12,15,22-23H,6,13-14H2,1-5H3/t22-,23+/m1/s1. The number of nitrogens with zero attached hydrogens (tertiary/aromatic N) is 2. The molecule has 2 atom stereocenters. The number of carbonyl (C=O) groups excluding carboxylic acids is 2. The summed E-state index contributed by atoms with van der Waals surface area (Å²) in [4.78, 5) is 30.5. The molecule has 0 saturated heterocycles. The molecule has 2 aromatic carbocycles. The van der Waals surface area contributed by atoms with Crippen LogP contribution >= 0.6 is 11.8 Å². The summed E-state index contributed by atoms with van der Waals surface area (Å²) < 4.78 is 10.9. The summed E-state index contributed by atoms with van der Waals surface area (Å²) in [6.07, 6.45) is -0.0180. The lowest BCUT2D eigenvalue weighted by atomic mass is 10.1. The van der Waals surface area contributed by atoms with E-state index in [0.29, 0.717) is 13.1 Å². The monoisotopic (exact) mass is 442 g/mol. The average Bonchev–Trinajstić information content (AvgIpc) is 2.86. The van der Waals surface area contributed by atoms with Gasteiger partial charge in [0, 0.05) is 24.9 Å². The summed E-state index contributed by atoms with van der Waals surface area (Å²) in [5, 5.41) is -0.363. The van der Waals surface area contributed by atoms with Crippen LogP contribution in [0.25, 0.3) is 0 Å². The molecule has 31 heavy (non-hydrogen) atoms. The zero-order valence-corrected chi connectivity index (χ0v) is 19.6. The number of aryl methyl sites for hydroxylation is 1. The third kappa shape index (κ3) is 5.40. The molecular weight excluding hydrogens is 412 g/mol. The van der Waals surface area contributed by atoms with Gasteiger partial charge in [0.05, 0.1) is 18.0 Å². The largest absolute Gasteiger partial charge is 0.497 e. The molecule has 0 fully saturated rings. The number of rotatable bonds is 7. The first-order chi connectivity index (χ1) is 14.8. The summed E-state index contributed by atoms with van der Waals surface area (Å²) in [7, 11) is 5.56. The maximum Gasteiger partial charge on any atom is 0.303 e. The molecule has 0 aromatic heterocycles. The molecule has 0 unspecified atom stereocenters. The first-order valence-electron chi connectivity index (χ1n) is 10.4. The van der Waals surface area contributed by atoms with E-state index in [1.54, 1.807) is 23.8 Å². The number of thioether (sulfide) groups is 1. The highest BCUT2D eigenvalue weighted by molar-refractivity contribution is 7.99. The van der Waals surface area contributed by atoms with Crippen LogP contribution < -0.4 is 9.64 Å². The van der Waals surface area contributed by atoms with Crippen LogP contribution in [0.4, 0.5) is 5.69 Å². The summed E-state index contributed by atoms with van der Waals surface area (Å²) in [6, 6.07) is 13.8. The Morgan fingerprint density at radius 3 is 2.45 bits per heavy atom. The Balaban J connectivity index is 2.11. The zero-order chi connectivity index (χ0) is 22.5. The third-order valence-corrected chi connectivity index (χ3v) is 6.62. The minimum absolute atomic E-state index is 0.201. The lowest BCUT2D eigenvalue weighted by molar-refractivity contribution is -0.152. The van der Waals surface area contributed by atoms with Gasteiger partial charge >= 0.3 is 5.97 Å². The number of hydrogen-bond donors (Lipinski definition) is 0. The fourth-order valence-electron chi connectivity index (χ4n) is 3.55. The molecule has 1 aliphatic heterocycles. The van der Waals surface area contributed by atoms with E-state index in [2.05, 4.69) is 19.1 Å². The van der Waals surface area contributed by atoms with Crippen molar-refractivity contribution >= 4 is 29.3 Å². The van der Waals surface area contributed by atoms with Crippen molar-refractivity contribution in [2.45, 2.75) is 36.5 Å². The van der Waals surface area contributed by atoms with Gasteiger partial charge in [0.1, 0.15) is 5.75 Å². The van der Waals surface area contributed by atoms with Gasteiger partial charge in [0.15, 0.2) is 6.10 Å². The second kappa shape index (κ2) is 10.2. The number of hydrogen-bond acceptors (Lipinski definition) is 6. The Kier molecular flexibility index (Phi) is 7.62. The Morgan fingerprint density at radius 1 is 1.16 bits per heavy atom. The van der Waals surface area contributed by atoms with E-state index >= 15 is 0 Å². The average molecular weight is 443 g/mol. The summed E-state index contributed by atoms with van der Waals surface area (Å²) in [5.74, 6) is 0.0672. The van der Waals surface area contributed by atoms with Crippen molar-refractivity contribution in [2.75, 3.05) is 39.2 Å². The fourth-order valence-corrected chi connectivity index (χ4v) is 4.94. The Morgan fingerprint density at radius 2 is 1.87 bits per heavy atom. The molecule has 0 bridgehead atoms. The van der Waals surface area contributed by atoms with Crippen LogP contribution in [0.1, 0.15) is 30.2 Å². The van der Waals surface area contributed by atoms with Crippen LogP contribution in [0.5, 0.6) is 5.75 Å². The minimum Gasteiger partial charge on any atom is -0.497 e. The number of anilines is 1. The van der Waals surface area contributed by atoms with Crippen molar-refractivity contribution in [1.82, 2.24) is 4.90 Å². The molecule has 1 heterocycles. The molecule has 0 radical (unpaired) electrons. The van der Waals surface area contributed by atoms with Crippen molar-refractivity contribution in [1.29, 1.82) is 0 Å². The van der Waals surface area contributed by atoms with Crippen LogP contribution in [0.15, 0.2) is 47.4 Å². The molecule has 2 aromatic rings. The van der Waals surface area contributed by atoms with Crippen LogP contribution in [0, 0.1) is 0 Å². The van der Waals surface area contributed by atoms with E-state index in [1.165, 1.54) is 12.5 Å². The number of fused-ring (bicyclic) bond motifs is 1. The maximum atomic E-state index is 13.7. The van der Waals surface area contributed by atoms with Gasteiger partial charge in [-0.3, -0.25) is 9.59 Å². The first kappa shape index (κ1) is 23.2. The Hall–Kier alpha value is -2.51. The highest BCUT2D eigenvalue weighted by Gasteiger charge is 2.40. The van der Waals surface area contributed by atoms with Gasteiger partial charge in [-0.2, -0.15) is 0 Å². The molecule has 7 heteroatoms. The smallest absolute Gasteiger partial charge is 0.303 e. The molecule has 0 spiro atoms. The van der Waals surface area contributed by atoms with E-state index in [9.17, 15) is 9.59 Å². The molecule has 0 saturated carbocycles. The van der Waals surface area contributed by atoms with Crippen molar-refractivity contribution in [2.24, 2.45) is 0 Å². The maximum absolute atomic E-state index is 13.7. The highest BCUT2D eigenvalue weighted by atomic mass is 32.2. The summed E-state index contributed by atoms with van der Waals surface area (Å²) >= 11 is 1.57. The van der Waals surface area contributed by atoms with Gasteiger partial charge in [0.2, 0.25) is 0 Å². The number of esters is 1. The van der Waals surface area contributed by atoms with Gasteiger partial charge < -0.3 is 19.3 Å². The number of methoxy groups -OCH3 is 1. The van der Waals surface area contributed by atoms with E-state index in [0.717, 1.165) is 28.3 Å². The predicted molar refractivity (Wildman–Crippen MR) is 124 cm³/mol. The van der Waals surface area contributed by atoms with Gasteiger partial charge in [-0.25, -0.2) is 0 Å².